The fraction of sp³-hybridized carbons (Fsp3) is 0.231. The number of halogens is 4. The third-order valence-corrected chi connectivity index (χ3v) is 6.17. The summed E-state index contributed by atoms with van der Waals surface area (Å²) >= 11 is 6.20. The Morgan fingerprint density at radius 3 is 2.40 bits per heavy atom. The minimum atomic E-state index is -4.60. The summed E-state index contributed by atoms with van der Waals surface area (Å²) in [5, 5.41) is 4.95. The van der Waals surface area contributed by atoms with Crippen LogP contribution in [0.25, 0.3) is 22.3 Å². The van der Waals surface area contributed by atoms with Gasteiger partial charge in [0.15, 0.2) is 5.65 Å². The van der Waals surface area contributed by atoms with E-state index in [9.17, 15) is 22.8 Å². The van der Waals surface area contributed by atoms with Crippen molar-refractivity contribution in [1.82, 2.24) is 33.9 Å². The molecule has 0 bridgehead atoms. The smallest absolute Gasteiger partial charge is 0.433 e. The second kappa shape index (κ2) is 11.3. The van der Waals surface area contributed by atoms with Crippen LogP contribution in [0.2, 0.25) is 0 Å². The van der Waals surface area contributed by atoms with E-state index in [2.05, 4.69) is 26.6 Å². The van der Waals surface area contributed by atoms with Crippen LogP contribution in [-0.2, 0) is 19.8 Å². The van der Waals surface area contributed by atoms with Crippen molar-refractivity contribution in [3.63, 3.8) is 0 Å². The van der Waals surface area contributed by atoms with Crippen molar-refractivity contribution < 1.29 is 17.9 Å². The van der Waals surface area contributed by atoms with E-state index in [0.29, 0.717) is 28.2 Å². The van der Waals surface area contributed by atoms with Gasteiger partial charge in [0.05, 0.1) is 19.2 Å². The van der Waals surface area contributed by atoms with Crippen LogP contribution in [0.4, 0.5) is 13.2 Å². The molecule has 40 heavy (non-hydrogen) atoms. The molecule has 4 aromatic rings. The van der Waals surface area contributed by atoms with Crippen molar-refractivity contribution in [1.29, 1.82) is 0 Å². The number of alkyl halides is 3. The highest BCUT2D eigenvalue weighted by molar-refractivity contribution is 6.29. The quantitative estimate of drug-likeness (QED) is 0.229. The molecule has 0 spiro atoms. The number of ether oxygens (including phenoxy) is 1. The second-order valence-electron chi connectivity index (χ2n) is 8.62. The number of nitrogens with zero attached hydrogens (tertiary/aromatic N) is 7. The van der Waals surface area contributed by atoms with E-state index in [1.165, 1.54) is 32.6 Å². The predicted octanol–water partition coefficient (Wildman–Crippen LogP) is 4.22. The van der Waals surface area contributed by atoms with Crippen molar-refractivity contribution in [2.75, 3.05) is 7.11 Å². The van der Waals surface area contributed by atoms with Gasteiger partial charge in [-0.1, -0.05) is 29.8 Å². The lowest BCUT2D eigenvalue weighted by Gasteiger charge is -2.13. The first kappa shape index (κ1) is 28.5. The van der Waals surface area contributed by atoms with Gasteiger partial charge in [0, 0.05) is 48.2 Å². The monoisotopic (exact) mass is 573 g/mol. The summed E-state index contributed by atoms with van der Waals surface area (Å²) in [5.74, 6) is 0. The average molecular weight is 574 g/mol. The molecule has 14 heteroatoms. The molecule has 0 atom stereocenters. The Morgan fingerprint density at radius 2 is 1.82 bits per heavy atom. The largest absolute Gasteiger partial charge is 0.467 e. The molecule has 0 aliphatic heterocycles. The molecule has 4 aromatic heterocycles. The molecule has 4 rings (SSSR count). The average Bonchev–Trinajstić information content (AvgIpc) is 3.24. The summed E-state index contributed by atoms with van der Waals surface area (Å²) in [5.41, 5.74) is -0.473. The van der Waals surface area contributed by atoms with Crippen molar-refractivity contribution in [2.45, 2.75) is 26.1 Å². The lowest BCUT2D eigenvalue weighted by Crippen LogP contribution is -2.33. The van der Waals surface area contributed by atoms with Crippen molar-refractivity contribution in [3.8, 4) is 17.1 Å². The van der Waals surface area contributed by atoms with Gasteiger partial charge in [-0.25, -0.2) is 24.1 Å². The fourth-order valence-corrected chi connectivity index (χ4v) is 4.13. The fourth-order valence-electron chi connectivity index (χ4n) is 3.95. The third-order valence-electron chi connectivity index (χ3n) is 5.89. The van der Waals surface area contributed by atoms with Crippen LogP contribution in [0.15, 0.2) is 70.2 Å². The third kappa shape index (κ3) is 5.59. The topological polar surface area (TPSA) is 109 Å². The number of aromatic nitrogens is 7. The van der Waals surface area contributed by atoms with Crippen molar-refractivity contribution in [2.24, 2.45) is 7.05 Å². The molecule has 0 N–H and O–H groups in total. The van der Waals surface area contributed by atoms with Gasteiger partial charge >= 0.3 is 17.9 Å². The summed E-state index contributed by atoms with van der Waals surface area (Å²) in [6.45, 7) is 5.16. The Labute approximate surface area is 230 Å². The first-order valence-corrected chi connectivity index (χ1v) is 12.1. The number of pyridine rings is 1. The molecule has 0 aliphatic rings. The van der Waals surface area contributed by atoms with Gasteiger partial charge < -0.3 is 4.74 Å². The Bertz CT molecular complexity index is 1750. The maximum Gasteiger partial charge on any atom is 0.433 e. The van der Waals surface area contributed by atoms with Crippen LogP contribution in [0, 0.1) is 0 Å². The summed E-state index contributed by atoms with van der Waals surface area (Å²) in [4.78, 5) is 38.7. The Kier molecular flexibility index (Phi) is 8.05. The van der Waals surface area contributed by atoms with Crippen LogP contribution in [0.5, 0.6) is 6.01 Å². The predicted molar refractivity (Wildman–Crippen MR) is 143 cm³/mol. The highest BCUT2D eigenvalue weighted by Gasteiger charge is 2.32. The summed E-state index contributed by atoms with van der Waals surface area (Å²) < 4.78 is 47.0. The van der Waals surface area contributed by atoms with Crippen molar-refractivity contribution in [3.05, 3.63) is 98.2 Å². The molecule has 10 nitrogen and oxygen atoms in total. The van der Waals surface area contributed by atoms with E-state index in [0.717, 1.165) is 26.1 Å². The Hall–Kier alpha value is -4.52. The molecule has 0 fully saturated rings. The molecule has 0 radical (unpaired) electrons. The summed E-state index contributed by atoms with van der Waals surface area (Å²) in [6.07, 6.45) is 4.66. The first-order chi connectivity index (χ1) is 19.0. The number of aryl methyl sites for hydroxylation is 1. The molecule has 0 unspecified atom stereocenters. The maximum absolute atomic E-state index is 13.6. The van der Waals surface area contributed by atoms with Gasteiger partial charge in [0.25, 0.3) is 5.56 Å². The highest BCUT2D eigenvalue weighted by atomic mass is 35.5. The van der Waals surface area contributed by atoms with Crippen molar-refractivity contribution >= 4 is 22.8 Å². The molecule has 0 saturated heterocycles. The van der Waals surface area contributed by atoms with Gasteiger partial charge in [0.2, 0.25) is 0 Å². The van der Waals surface area contributed by atoms with Crippen LogP contribution in [-0.4, -0.2) is 41.0 Å². The van der Waals surface area contributed by atoms with Gasteiger partial charge in [-0.2, -0.15) is 17.7 Å². The molecule has 0 aliphatic carbocycles. The zero-order valence-electron chi connectivity index (χ0n) is 21.6. The highest BCUT2D eigenvalue weighted by Crippen LogP contribution is 2.30. The van der Waals surface area contributed by atoms with E-state index in [-0.39, 0.29) is 29.3 Å². The lowest BCUT2D eigenvalue weighted by atomic mass is 9.99. The molecule has 0 aromatic carbocycles. The molecule has 208 valence electrons. The standard InChI is InChI=1S/C26H23ClF3N7O3/c1-5-6-18(27)9-7-15(2)20-21(17-12-32-24(40-4)33-13-17)22-34-36(25(39)37(22)35(3)23(20)38)14-16-8-10-19(31-11-16)26(28,29)30/h5,7-13H,1,6,14H2,2-4H3/b15-7+,18-9+. The zero-order valence-corrected chi connectivity index (χ0v) is 22.4. The van der Waals surface area contributed by atoms with Crippen LogP contribution in [0.1, 0.15) is 30.2 Å². The Morgan fingerprint density at radius 1 is 1.12 bits per heavy atom. The molecular weight excluding hydrogens is 551 g/mol. The van der Waals surface area contributed by atoms with Crippen LogP contribution < -0.4 is 16.0 Å². The second-order valence-corrected chi connectivity index (χ2v) is 9.10. The van der Waals surface area contributed by atoms with Gasteiger partial charge in [0.1, 0.15) is 5.69 Å². The number of hydrogen-bond donors (Lipinski definition) is 0. The first-order valence-electron chi connectivity index (χ1n) is 11.7. The SMILES string of the molecule is C=CC/C(Cl)=C\C=C(/C)c1c(-c2cnc(OC)nc2)c2nn(Cc3ccc(C(F)(F)F)nc3)c(=O)n2n(C)c1=O. The van der Waals surface area contributed by atoms with E-state index in [1.807, 2.05) is 0 Å². The van der Waals surface area contributed by atoms with E-state index in [1.54, 1.807) is 25.2 Å². The van der Waals surface area contributed by atoms with E-state index < -0.39 is 23.1 Å². The zero-order chi connectivity index (χ0) is 29.2. The lowest BCUT2D eigenvalue weighted by molar-refractivity contribution is -0.141. The minimum Gasteiger partial charge on any atom is -0.467 e. The number of rotatable bonds is 8. The molecular formula is C26H23ClF3N7O3. The summed E-state index contributed by atoms with van der Waals surface area (Å²) in [7, 11) is 2.81. The normalized spacial score (nSPS) is 12.7. The number of allylic oxidation sites excluding steroid dienone is 5. The van der Waals surface area contributed by atoms with Gasteiger partial charge in [-0.15, -0.1) is 11.7 Å². The molecule has 0 saturated carbocycles. The molecule has 4 heterocycles. The minimum absolute atomic E-state index is 0.0919. The number of fused-ring (bicyclic) bond motifs is 1. The van der Waals surface area contributed by atoms with Gasteiger partial charge in [-0.3, -0.25) is 9.78 Å². The Balaban J connectivity index is 1.96. The molecule has 0 amide bonds. The number of methoxy groups -OCH3 is 1. The van der Waals surface area contributed by atoms with Crippen LogP contribution >= 0.6 is 11.6 Å². The van der Waals surface area contributed by atoms with E-state index >= 15 is 0 Å². The van der Waals surface area contributed by atoms with E-state index in [4.69, 9.17) is 16.3 Å². The van der Waals surface area contributed by atoms with Gasteiger partial charge in [-0.05, 0) is 30.2 Å². The summed E-state index contributed by atoms with van der Waals surface area (Å²) in [6, 6.07) is 2.12. The maximum atomic E-state index is 13.6. The number of hydrogen-bond acceptors (Lipinski definition) is 7. The van der Waals surface area contributed by atoms with Crippen LogP contribution in [0.3, 0.4) is 0 Å².